The number of thioether (sulfide) groups is 1. The summed E-state index contributed by atoms with van der Waals surface area (Å²) in [5.74, 6) is 0.114. The molecule has 0 unspecified atom stereocenters. The molecule has 0 aliphatic carbocycles. The third-order valence-corrected chi connectivity index (χ3v) is 4.40. The van der Waals surface area contributed by atoms with Gasteiger partial charge in [0.25, 0.3) is 5.56 Å². The summed E-state index contributed by atoms with van der Waals surface area (Å²) in [6.45, 7) is 2.02. The molecule has 3 rings (SSSR count). The predicted octanol–water partition coefficient (Wildman–Crippen LogP) is 3.11. The first kappa shape index (κ1) is 17.9. The molecule has 0 radical (unpaired) electrons. The lowest BCUT2D eigenvalue weighted by Crippen LogP contribution is -2.16. The standard InChI is InChI=1S/C18H18N4O3S/c1-2-6-13-9-15(23)22-18(20-13)26-11-16(24)21-17-14(10-19-25-17)12-7-4-3-5-8-12/h3-5,7-10H,2,6,11H2,1H3,(H,21,24)(H,20,22,23). The third-order valence-electron chi connectivity index (χ3n) is 3.53. The predicted molar refractivity (Wildman–Crippen MR) is 100 cm³/mol. The van der Waals surface area contributed by atoms with Gasteiger partial charge < -0.3 is 9.51 Å². The molecule has 2 N–H and O–H groups in total. The molecular formula is C18H18N4O3S. The number of hydrogen-bond acceptors (Lipinski definition) is 6. The molecule has 0 atom stereocenters. The number of amides is 1. The van der Waals surface area contributed by atoms with Crippen LogP contribution in [0.5, 0.6) is 0 Å². The Kier molecular flexibility index (Phi) is 5.85. The Labute approximate surface area is 154 Å². The number of aromatic amines is 1. The maximum absolute atomic E-state index is 12.2. The molecule has 8 heteroatoms. The monoisotopic (exact) mass is 370 g/mol. The summed E-state index contributed by atoms with van der Waals surface area (Å²) >= 11 is 1.17. The van der Waals surface area contributed by atoms with Crippen LogP contribution in [0.3, 0.4) is 0 Å². The van der Waals surface area contributed by atoms with E-state index in [9.17, 15) is 9.59 Å². The Morgan fingerprint density at radius 3 is 2.88 bits per heavy atom. The van der Waals surface area contributed by atoms with Gasteiger partial charge in [0.05, 0.1) is 17.5 Å². The maximum atomic E-state index is 12.2. The van der Waals surface area contributed by atoms with E-state index < -0.39 is 0 Å². The first-order valence-corrected chi connectivity index (χ1v) is 9.17. The van der Waals surface area contributed by atoms with Gasteiger partial charge in [0.15, 0.2) is 5.16 Å². The summed E-state index contributed by atoms with van der Waals surface area (Å²) in [7, 11) is 0. The van der Waals surface area contributed by atoms with Crippen LogP contribution in [0, 0.1) is 0 Å². The summed E-state index contributed by atoms with van der Waals surface area (Å²) in [6.07, 6.45) is 3.18. The fraction of sp³-hybridized carbons (Fsp3) is 0.222. The summed E-state index contributed by atoms with van der Waals surface area (Å²) in [4.78, 5) is 30.9. The van der Waals surface area contributed by atoms with E-state index in [4.69, 9.17) is 4.52 Å². The van der Waals surface area contributed by atoms with Crippen molar-refractivity contribution in [1.29, 1.82) is 0 Å². The van der Waals surface area contributed by atoms with Crippen molar-refractivity contribution in [2.75, 3.05) is 11.1 Å². The Hall–Kier alpha value is -2.87. The maximum Gasteiger partial charge on any atom is 0.251 e. The van der Waals surface area contributed by atoms with E-state index >= 15 is 0 Å². The third kappa shape index (κ3) is 4.60. The van der Waals surface area contributed by atoms with Crippen LogP contribution in [0.2, 0.25) is 0 Å². The number of H-pyrrole nitrogens is 1. The smallest absolute Gasteiger partial charge is 0.251 e. The average Bonchev–Trinajstić information content (AvgIpc) is 3.09. The molecule has 0 aliphatic heterocycles. The molecule has 134 valence electrons. The number of hydrogen-bond donors (Lipinski definition) is 2. The van der Waals surface area contributed by atoms with E-state index in [1.54, 1.807) is 6.20 Å². The van der Waals surface area contributed by atoms with E-state index in [0.29, 0.717) is 16.6 Å². The SMILES string of the molecule is CCCc1cc(=O)[nH]c(SCC(=O)Nc2oncc2-c2ccccc2)n1. The Morgan fingerprint density at radius 1 is 1.31 bits per heavy atom. The van der Waals surface area contributed by atoms with E-state index in [1.807, 2.05) is 37.3 Å². The normalized spacial score (nSPS) is 10.7. The highest BCUT2D eigenvalue weighted by molar-refractivity contribution is 7.99. The zero-order valence-corrected chi connectivity index (χ0v) is 15.0. The molecule has 0 spiro atoms. The van der Waals surface area contributed by atoms with Crippen molar-refractivity contribution in [3.05, 3.63) is 58.6 Å². The number of carbonyl (C=O) groups excluding carboxylic acids is 1. The second-order valence-corrected chi connectivity index (χ2v) is 6.53. The molecule has 1 aromatic carbocycles. The van der Waals surface area contributed by atoms with Gasteiger partial charge >= 0.3 is 0 Å². The molecule has 0 saturated heterocycles. The number of aromatic nitrogens is 3. The van der Waals surface area contributed by atoms with Gasteiger partial charge in [-0.25, -0.2) is 4.98 Å². The topological polar surface area (TPSA) is 101 Å². The van der Waals surface area contributed by atoms with Crippen LogP contribution >= 0.6 is 11.8 Å². The summed E-state index contributed by atoms with van der Waals surface area (Å²) in [5, 5.41) is 6.89. The molecule has 0 bridgehead atoms. The second-order valence-electron chi connectivity index (χ2n) is 5.56. The van der Waals surface area contributed by atoms with Gasteiger partial charge in [-0.3, -0.25) is 14.9 Å². The number of benzene rings is 1. The summed E-state index contributed by atoms with van der Waals surface area (Å²) < 4.78 is 5.15. The lowest BCUT2D eigenvalue weighted by atomic mass is 10.1. The molecule has 2 heterocycles. The van der Waals surface area contributed by atoms with Crippen molar-refractivity contribution in [3.8, 4) is 11.1 Å². The Morgan fingerprint density at radius 2 is 2.12 bits per heavy atom. The Bertz CT molecular complexity index is 937. The van der Waals surface area contributed by atoms with Crippen LogP contribution < -0.4 is 10.9 Å². The van der Waals surface area contributed by atoms with Crippen LogP contribution in [-0.4, -0.2) is 26.8 Å². The zero-order chi connectivity index (χ0) is 18.4. The van der Waals surface area contributed by atoms with Crippen LogP contribution in [0.1, 0.15) is 19.0 Å². The van der Waals surface area contributed by atoms with Crippen LogP contribution in [0.4, 0.5) is 5.88 Å². The average molecular weight is 370 g/mol. The highest BCUT2D eigenvalue weighted by Gasteiger charge is 2.14. The second kappa shape index (κ2) is 8.48. The lowest BCUT2D eigenvalue weighted by Gasteiger charge is -2.05. The number of carbonyl (C=O) groups is 1. The minimum atomic E-state index is -0.271. The number of nitrogens with zero attached hydrogens (tertiary/aromatic N) is 2. The summed E-state index contributed by atoms with van der Waals surface area (Å²) in [6, 6.07) is 11.0. The molecule has 3 aromatic rings. The largest absolute Gasteiger partial charge is 0.338 e. The van der Waals surface area contributed by atoms with Gasteiger partial charge in [-0.05, 0) is 12.0 Å². The fourth-order valence-electron chi connectivity index (χ4n) is 2.39. The lowest BCUT2D eigenvalue weighted by molar-refractivity contribution is -0.113. The van der Waals surface area contributed by atoms with Crippen molar-refractivity contribution in [3.63, 3.8) is 0 Å². The van der Waals surface area contributed by atoms with Crippen molar-refractivity contribution < 1.29 is 9.32 Å². The number of anilines is 1. The fourth-order valence-corrected chi connectivity index (χ4v) is 3.08. The van der Waals surface area contributed by atoms with Gasteiger partial charge in [-0.15, -0.1) is 0 Å². The molecule has 0 saturated carbocycles. The minimum absolute atomic E-state index is 0.0907. The van der Waals surface area contributed by atoms with Gasteiger partial charge in [0.1, 0.15) is 0 Å². The molecular weight excluding hydrogens is 352 g/mol. The van der Waals surface area contributed by atoms with Gasteiger partial charge in [-0.1, -0.05) is 60.6 Å². The first-order valence-electron chi connectivity index (χ1n) is 8.18. The van der Waals surface area contributed by atoms with Crippen LogP contribution in [0.15, 0.2) is 57.1 Å². The van der Waals surface area contributed by atoms with Gasteiger partial charge in [0, 0.05) is 11.8 Å². The minimum Gasteiger partial charge on any atom is -0.338 e. The molecule has 2 aromatic heterocycles. The number of aryl methyl sites for hydroxylation is 1. The summed E-state index contributed by atoms with van der Waals surface area (Å²) in [5.41, 5.74) is 2.11. The Balaban J connectivity index is 1.64. The highest BCUT2D eigenvalue weighted by Crippen LogP contribution is 2.27. The van der Waals surface area contributed by atoms with Crippen LogP contribution in [0.25, 0.3) is 11.1 Å². The van der Waals surface area contributed by atoms with E-state index in [1.165, 1.54) is 17.8 Å². The van der Waals surface area contributed by atoms with Gasteiger partial charge in [-0.2, -0.15) is 0 Å². The first-order chi connectivity index (χ1) is 12.7. The molecule has 0 fully saturated rings. The van der Waals surface area contributed by atoms with E-state index in [-0.39, 0.29) is 17.2 Å². The van der Waals surface area contributed by atoms with Crippen molar-refractivity contribution in [1.82, 2.24) is 15.1 Å². The molecule has 1 amide bonds. The number of rotatable bonds is 7. The van der Waals surface area contributed by atoms with Gasteiger partial charge in [0.2, 0.25) is 11.8 Å². The number of nitrogens with one attached hydrogen (secondary N) is 2. The molecule has 7 nitrogen and oxygen atoms in total. The van der Waals surface area contributed by atoms with Crippen molar-refractivity contribution in [2.24, 2.45) is 0 Å². The quantitative estimate of drug-likeness (QED) is 0.489. The van der Waals surface area contributed by atoms with Crippen LogP contribution in [-0.2, 0) is 11.2 Å². The molecule has 26 heavy (non-hydrogen) atoms. The van der Waals surface area contributed by atoms with E-state index in [0.717, 1.165) is 24.1 Å². The highest BCUT2D eigenvalue weighted by atomic mass is 32.2. The van der Waals surface area contributed by atoms with Crippen molar-refractivity contribution >= 4 is 23.6 Å². The molecule has 0 aliphatic rings. The van der Waals surface area contributed by atoms with Crippen molar-refractivity contribution in [2.45, 2.75) is 24.9 Å². The van der Waals surface area contributed by atoms with E-state index in [2.05, 4.69) is 20.4 Å². The zero-order valence-electron chi connectivity index (χ0n) is 14.2.